The molecule has 5 atom stereocenters. The molecule has 2 N–H and O–H groups in total. The molecule has 13 heteroatoms. The normalized spacial score (nSPS) is 29.0. The number of nitriles is 1. The number of carbonyl (C=O) groups excluding carboxylic acids is 4. The Kier molecular flexibility index (Phi) is 7.43. The van der Waals surface area contributed by atoms with Gasteiger partial charge in [-0.05, 0) is 31.1 Å². The number of rotatable bonds is 9. The minimum Gasteiger partial charge on any atom is -0.378 e. The van der Waals surface area contributed by atoms with Crippen LogP contribution >= 0.6 is 0 Å². The summed E-state index contributed by atoms with van der Waals surface area (Å²) in [4.78, 5) is 54.1. The van der Waals surface area contributed by atoms with E-state index in [-0.39, 0.29) is 50.1 Å². The number of likely N-dealkylation sites (N-methyl/N-ethyl adjacent to an activating group) is 1. The van der Waals surface area contributed by atoms with Gasteiger partial charge in [0.2, 0.25) is 17.7 Å². The molecule has 4 amide bonds. The average Bonchev–Trinajstić information content (AvgIpc) is 3.78. The molecule has 0 aromatic heterocycles. The molecule has 4 rings (SSSR count). The smallest absolute Gasteiger partial charge is 0.378 e. The molecule has 4 fully saturated rings. The van der Waals surface area contributed by atoms with Crippen molar-refractivity contribution in [2.45, 2.75) is 75.4 Å². The Morgan fingerprint density at radius 3 is 2.41 bits per heavy atom. The number of hydrogen-bond donors (Lipinski definition) is 2. The first-order chi connectivity index (χ1) is 17.4. The molecule has 4 aliphatic rings. The van der Waals surface area contributed by atoms with Gasteiger partial charge in [0.1, 0.15) is 18.1 Å². The fourth-order valence-electron chi connectivity index (χ4n) is 5.52. The van der Waals surface area contributed by atoms with E-state index in [2.05, 4.69) is 11.4 Å². The van der Waals surface area contributed by atoms with E-state index in [9.17, 15) is 37.6 Å². The van der Waals surface area contributed by atoms with Crippen LogP contribution in [0.3, 0.4) is 0 Å². The van der Waals surface area contributed by atoms with E-state index >= 15 is 0 Å². The molecule has 2 saturated carbocycles. The van der Waals surface area contributed by atoms with E-state index in [1.54, 1.807) is 0 Å². The third kappa shape index (κ3) is 5.54. The number of likely N-dealkylation sites (tertiary alicyclic amines) is 1. The van der Waals surface area contributed by atoms with Crippen molar-refractivity contribution in [2.24, 2.45) is 17.3 Å². The fourth-order valence-corrected chi connectivity index (χ4v) is 5.52. The van der Waals surface area contributed by atoms with Gasteiger partial charge < -0.3 is 25.2 Å². The number of ether oxygens (including phenoxy) is 1. The number of amides is 4. The number of methoxy groups -OCH3 is 1. The van der Waals surface area contributed by atoms with Gasteiger partial charge in [0, 0.05) is 27.2 Å². The SMILES string of the molecule is COC1CNC(=O)[C@]12C[C@@H](C#N)N(C(=O)C(CC1CC1)N(C)C(=O)C(CC1CC1)NC(=O)C(F)(F)F)C2. The molecule has 0 bridgehead atoms. The van der Waals surface area contributed by atoms with E-state index in [1.807, 2.05) is 5.32 Å². The second kappa shape index (κ2) is 10.1. The summed E-state index contributed by atoms with van der Waals surface area (Å²) in [6.45, 7) is 0.190. The first-order valence-corrected chi connectivity index (χ1v) is 12.6. The Morgan fingerprint density at radius 1 is 1.24 bits per heavy atom. The minimum atomic E-state index is -5.15. The van der Waals surface area contributed by atoms with Crippen LogP contribution in [0.1, 0.15) is 44.9 Å². The Bertz CT molecular complexity index is 992. The lowest BCUT2D eigenvalue weighted by Crippen LogP contribution is -2.57. The summed E-state index contributed by atoms with van der Waals surface area (Å²) in [7, 11) is 2.80. The number of carbonyl (C=O) groups is 4. The number of nitrogens with one attached hydrogen (secondary N) is 2. The molecule has 1 spiro atoms. The predicted octanol–water partition coefficient (Wildman–Crippen LogP) is 0.716. The first kappa shape index (κ1) is 27.2. The van der Waals surface area contributed by atoms with Crippen LogP contribution in [0.5, 0.6) is 0 Å². The molecule has 2 aliphatic heterocycles. The first-order valence-electron chi connectivity index (χ1n) is 12.6. The van der Waals surface area contributed by atoms with Crippen LogP contribution in [0, 0.1) is 28.6 Å². The summed E-state index contributed by atoms with van der Waals surface area (Å²) < 4.78 is 44.3. The second-order valence-corrected chi connectivity index (χ2v) is 10.8. The lowest BCUT2D eigenvalue weighted by Gasteiger charge is -2.35. The summed E-state index contributed by atoms with van der Waals surface area (Å²) in [5.74, 6) is -3.63. The van der Waals surface area contributed by atoms with Crippen LogP contribution < -0.4 is 10.6 Å². The highest BCUT2D eigenvalue weighted by molar-refractivity contribution is 5.94. The van der Waals surface area contributed by atoms with Crippen molar-refractivity contribution in [1.82, 2.24) is 20.4 Å². The molecule has 204 valence electrons. The van der Waals surface area contributed by atoms with Crippen LogP contribution in [0.15, 0.2) is 0 Å². The lowest BCUT2D eigenvalue weighted by molar-refractivity contribution is -0.175. The van der Waals surface area contributed by atoms with Gasteiger partial charge in [-0.3, -0.25) is 19.2 Å². The van der Waals surface area contributed by atoms with Crippen molar-refractivity contribution >= 4 is 23.6 Å². The van der Waals surface area contributed by atoms with Crippen molar-refractivity contribution < 1.29 is 37.1 Å². The molecule has 2 aliphatic carbocycles. The second-order valence-electron chi connectivity index (χ2n) is 10.8. The van der Waals surface area contributed by atoms with Gasteiger partial charge in [-0.25, -0.2) is 0 Å². The highest BCUT2D eigenvalue weighted by Gasteiger charge is 2.59. The van der Waals surface area contributed by atoms with Crippen molar-refractivity contribution in [1.29, 1.82) is 5.26 Å². The van der Waals surface area contributed by atoms with Crippen molar-refractivity contribution in [3.05, 3.63) is 0 Å². The molecule has 0 aromatic rings. The fraction of sp³-hybridized carbons (Fsp3) is 0.792. The molecule has 0 radical (unpaired) electrons. The minimum absolute atomic E-state index is 0.0294. The largest absolute Gasteiger partial charge is 0.471 e. The quantitative estimate of drug-likeness (QED) is 0.454. The monoisotopic (exact) mass is 527 g/mol. The van der Waals surface area contributed by atoms with Gasteiger partial charge in [-0.1, -0.05) is 25.7 Å². The molecular formula is C24H32F3N5O5. The van der Waals surface area contributed by atoms with E-state index in [1.165, 1.54) is 19.1 Å². The van der Waals surface area contributed by atoms with E-state index in [0.29, 0.717) is 0 Å². The molecule has 0 aromatic carbocycles. The average molecular weight is 528 g/mol. The maximum Gasteiger partial charge on any atom is 0.471 e. The van der Waals surface area contributed by atoms with Crippen molar-refractivity contribution in [3.8, 4) is 6.07 Å². The zero-order chi connectivity index (χ0) is 27.1. The zero-order valence-corrected chi connectivity index (χ0v) is 20.8. The molecule has 37 heavy (non-hydrogen) atoms. The van der Waals surface area contributed by atoms with Crippen LogP contribution in [0.2, 0.25) is 0 Å². The Morgan fingerprint density at radius 2 is 1.86 bits per heavy atom. The highest BCUT2D eigenvalue weighted by atomic mass is 19.4. The van der Waals surface area contributed by atoms with Gasteiger partial charge in [-0.15, -0.1) is 0 Å². The van der Waals surface area contributed by atoms with Crippen molar-refractivity contribution in [2.75, 3.05) is 27.2 Å². The van der Waals surface area contributed by atoms with Gasteiger partial charge in [0.25, 0.3) is 0 Å². The van der Waals surface area contributed by atoms with E-state index < -0.39 is 53.5 Å². The van der Waals surface area contributed by atoms with Crippen LogP contribution in [0.4, 0.5) is 13.2 Å². The van der Waals surface area contributed by atoms with Gasteiger partial charge in [0.05, 0.1) is 17.6 Å². The van der Waals surface area contributed by atoms with Gasteiger partial charge >= 0.3 is 12.1 Å². The van der Waals surface area contributed by atoms with Gasteiger partial charge in [-0.2, -0.15) is 18.4 Å². The number of alkyl halides is 3. The summed E-state index contributed by atoms with van der Waals surface area (Å²) in [5.41, 5.74) is -1.09. The summed E-state index contributed by atoms with van der Waals surface area (Å²) in [5, 5.41) is 14.4. The highest BCUT2D eigenvalue weighted by Crippen LogP contribution is 2.43. The van der Waals surface area contributed by atoms with Crippen molar-refractivity contribution in [3.63, 3.8) is 0 Å². The molecular weight excluding hydrogens is 495 g/mol. The third-order valence-electron chi connectivity index (χ3n) is 8.10. The molecule has 2 saturated heterocycles. The summed E-state index contributed by atoms with van der Waals surface area (Å²) in [6, 6.07) is -1.30. The zero-order valence-electron chi connectivity index (χ0n) is 20.8. The Labute approximate surface area is 212 Å². The van der Waals surface area contributed by atoms with Crippen LogP contribution in [-0.2, 0) is 23.9 Å². The standard InChI is InChI=1S/C24H32F3N5O5/c1-31(19(33)16(7-13-3-4-13)30-22(36)24(25,26)27)17(8-14-5-6-14)20(34)32-12-23(9-15(32)10-28)18(37-2)11-29-21(23)35/h13-18H,3-9,11-12H2,1-2H3,(H,29,35)(H,30,36)/t15-,16?,17?,18?,23-/m0/s1. The number of nitrogens with zero attached hydrogens (tertiary/aromatic N) is 3. The number of halogens is 3. The Hall–Kier alpha value is -2.88. The number of hydrogen-bond acceptors (Lipinski definition) is 6. The molecule has 2 heterocycles. The third-order valence-corrected chi connectivity index (χ3v) is 8.10. The topological polar surface area (TPSA) is 132 Å². The van der Waals surface area contributed by atoms with Gasteiger partial charge in [0.15, 0.2) is 0 Å². The maximum absolute atomic E-state index is 13.8. The summed E-state index contributed by atoms with van der Waals surface area (Å²) >= 11 is 0. The van der Waals surface area contributed by atoms with Crippen LogP contribution in [0.25, 0.3) is 0 Å². The maximum atomic E-state index is 13.8. The predicted molar refractivity (Wildman–Crippen MR) is 121 cm³/mol. The van der Waals surface area contributed by atoms with E-state index in [0.717, 1.165) is 30.6 Å². The van der Waals surface area contributed by atoms with Crippen LogP contribution in [-0.4, -0.2) is 91.1 Å². The molecule has 10 nitrogen and oxygen atoms in total. The lowest BCUT2D eigenvalue weighted by atomic mass is 9.81. The molecule has 3 unspecified atom stereocenters. The Balaban J connectivity index is 1.56. The van der Waals surface area contributed by atoms with E-state index in [4.69, 9.17) is 4.74 Å². The summed E-state index contributed by atoms with van der Waals surface area (Å²) in [6.07, 6.45) is -2.05.